The van der Waals surface area contributed by atoms with Crippen molar-refractivity contribution in [2.75, 3.05) is 7.11 Å². The minimum absolute atomic E-state index is 0.830. The van der Waals surface area contributed by atoms with Crippen LogP contribution in [0, 0.1) is 0 Å². The monoisotopic (exact) mass is 365 g/mol. The van der Waals surface area contributed by atoms with Crippen molar-refractivity contribution in [1.29, 1.82) is 0 Å². The molecule has 0 atom stereocenters. The van der Waals surface area contributed by atoms with Gasteiger partial charge >= 0.3 is 0 Å². The van der Waals surface area contributed by atoms with Gasteiger partial charge in [-0.2, -0.15) is 0 Å². The van der Waals surface area contributed by atoms with Gasteiger partial charge in [0.2, 0.25) is 0 Å². The number of fused-ring (bicyclic) bond motifs is 1. The molecule has 0 radical (unpaired) electrons. The summed E-state index contributed by atoms with van der Waals surface area (Å²) in [6.45, 7) is 0. The highest BCUT2D eigenvalue weighted by Gasteiger charge is 2.18. The van der Waals surface area contributed by atoms with Gasteiger partial charge in [0.1, 0.15) is 11.6 Å². The second-order valence-electron chi connectivity index (χ2n) is 6.65. The molecule has 4 nitrogen and oxygen atoms in total. The van der Waals surface area contributed by atoms with E-state index >= 15 is 0 Å². The first-order valence-corrected chi connectivity index (χ1v) is 9.20. The molecular weight excluding hydrogens is 346 g/mol. The normalized spacial score (nSPS) is 11.0. The fourth-order valence-corrected chi connectivity index (χ4v) is 3.54. The van der Waals surface area contributed by atoms with Crippen LogP contribution in [0.4, 0.5) is 0 Å². The molecule has 0 aliphatic carbocycles. The maximum Gasteiger partial charge on any atom is 0.138 e. The molecule has 5 aromatic rings. The van der Waals surface area contributed by atoms with E-state index in [1.54, 1.807) is 7.11 Å². The number of aromatic amines is 2. The Kier molecular flexibility index (Phi) is 3.95. The average molecular weight is 365 g/mol. The molecular formula is C24H19N3O. The van der Waals surface area contributed by atoms with E-state index < -0.39 is 0 Å². The van der Waals surface area contributed by atoms with Gasteiger partial charge in [0, 0.05) is 33.8 Å². The number of benzene rings is 3. The molecule has 2 N–H and O–H groups in total. The molecule has 28 heavy (non-hydrogen) atoms. The van der Waals surface area contributed by atoms with Crippen LogP contribution in [0.1, 0.15) is 0 Å². The topological polar surface area (TPSA) is 53.7 Å². The van der Waals surface area contributed by atoms with E-state index in [1.807, 2.05) is 54.7 Å². The van der Waals surface area contributed by atoms with Crippen molar-refractivity contribution in [3.63, 3.8) is 0 Å². The minimum atomic E-state index is 0.830. The van der Waals surface area contributed by atoms with Gasteiger partial charge in [0.05, 0.1) is 18.5 Å². The predicted octanol–water partition coefficient (Wildman–Crippen LogP) is 5.90. The lowest BCUT2D eigenvalue weighted by atomic mass is 10.0. The SMILES string of the molecule is COc1ccc(-c2nc(-c3ccccc3)[nH]c2-c2c[nH]c3ccccc23)cc1. The zero-order valence-corrected chi connectivity index (χ0v) is 15.4. The van der Waals surface area contributed by atoms with Gasteiger partial charge in [-0.15, -0.1) is 0 Å². The molecule has 0 spiro atoms. The summed E-state index contributed by atoms with van der Waals surface area (Å²) in [5, 5.41) is 1.17. The third-order valence-corrected chi connectivity index (χ3v) is 4.97. The highest BCUT2D eigenvalue weighted by molar-refractivity contribution is 5.98. The number of methoxy groups -OCH3 is 1. The van der Waals surface area contributed by atoms with Crippen molar-refractivity contribution in [3.05, 3.63) is 85.1 Å². The van der Waals surface area contributed by atoms with Crippen molar-refractivity contribution in [1.82, 2.24) is 15.0 Å². The lowest BCUT2D eigenvalue weighted by Crippen LogP contribution is -1.85. The summed E-state index contributed by atoms with van der Waals surface area (Å²) in [6, 6.07) is 26.5. The molecule has 0 fully saturated rings. The fourth-order valence-electron chi connectivity index (χ4n) is 3.54. The van der Waals surface area contributed by atoms with E-state index in [0.29, 0.717) is 0 Å². The zero-order chi connectivity index (χ0) is 18.9. The lowest BCUT2D eigenvalue weighted by molar-refractivity contribution is 0.415. The molecule has 0 saturated carbocycles. The summed E-state index contributed by atoms with van der Waals surface area (Å²) < 4.78 is 5.31. The maximum atomic E-state index is 5.31. The Labute approximate surface area is 162 Å². The molecule has 0 unspecified atom stereocenters. The number of nitrogens with one attached hydrogen (secondary N) is 2. The van der Waals surface area contributed by atoms with Crippen LogP contribution >= 0.6 is 0 Å². The number of H-pyrrole nitrogens is 2. The van der Waals surface area contributed by atoms with Crippen LogP contribution in [0.5, 0.6) is 5.75 Å². The highest BCUT2D eigenvalue weighted by Crippen LogP contribution is 2.37. The first-order chi connectivity index (χ1) is 13.8. The predicted molar refractivity (Wildman–Crippen MR) is 113 cm³/mol. The van der Waals surface area contributed by atoms with Crippen LogP contribution in [0.3, 0.4) is 0 Å². The summed E-state index contributed by atoms with van der Waals surface area (Å²) >= 11 is 0. The summed E-state index contributed by atoms with van der Waals surface area (Å²) in [6.07, 6.45) is 2.04. The summed E-state index contributed by atoms with van der Waals surface area (Å²) in [4.78, 5) is 11.9. The molecule has 0 amide bonds. The van der Waals surface area contributed by atoms with Crippen molar-refractivity contribution >= 4 is 10.9 Å². The number of rotatable bonds is 4. The number of imidazole rings is 1. The fraction of sp³-hybridized carbons (Fsp3) is 0.0417. The Morgan fingerprint density at radius 1 is 0.786 bits per heavy atom. The van der Waals surface area contributed by atoms with Gasteiger partial charge in [-0.05, 0) is 30.3 Å². The van der Waals surface area contributed by atoms with Crippen LogP contribution < -0.4 is 4.74 Å². The number of hydrogen-bond acceptors (Lipinski definition) is 2. The third-order valence-electron chi connectivity index (χ3n) is 4.97. The van der Waals surface area contributed by atoms with Gasteiger partial charge in [0.15, 0.2) is 0 Å². The zero-order valence-electron chi connectivity index (χ0n) is 15.4. The number of para-hydroxylation sites is 1. The molecule has 2 aromatic heterocycles. The summed E-state index contributed by atoms with van der Waals surface area (Å²) in [7, 11) is 1.68. The van der Waals surface area contributed by atoms with Crippen molar-refractivity contribution in [2.24, 2.45) is 0 Å². The molecule has 0 aliphatic rings. The van der Waals surface area contributed by atoms with Crippen LogP contribution in [0.15, 0.2) is 85.1 Å². The molecule has 5 rings (SSSR count). The number of nitrogens with zero attached hydrogens (tertiary/aromatic N) is 1. The average Bonchev–Trinajstić information content (AvgIpc) is 3.39. The molecule has 0 aliphatic heterocycles. The molecule has 4 heteroatoms. The maximum absolute atomic E-state index is 5.31. The Morgan fingerprint density at radius 2 is 1.54 bits per heavy atom. The standard InChI is InChI=1S/C24H19N3O/c1-28-18-13-11-16(12-14-18)22-23(20-15-25-21-10-6-5-9-19(20)21)27-24(26-22)17-7-3-2-4-8-17/h2-15,25H,1H3,(H,26,27). The van der Waals surface area contributed by atoms with Gasteiger partial charge < -0.3 is 14.7 Å². The van der Waals surface area contributed by atoms with Gasteiger partial charge in [0.25, 0.3) is 0 Å². The van der Waals surface area contributed by atoms with Crippen LogP contribution in [0.25, 0.3) is 44.8 Å². The van der Waals surface area contributed by atoms with E-state index in [1.165, 1.54) is 5.39 Å². The van der Waals surface area contributed by atoms with E-state index in [2.05, 4.69) is 40.3 Å². The molecule has 0 saturated heterocycles. The largest absolute Gasteiger partial charge is 0.497 e. The number of aromatic nitrogens is 3. The van der Waals surface area contributed by atoms with Gasteiger partial charge in [-0.1, -0.05) is 48.5 Å². The quantitative estimate of drug-likeness (QED) is 0.416. The first kappa shape index (κ1) is 16.4. The van der Waals surface area contributed by atoms with Crippen LogP contribution in [-0.4, -0.2) is 22.1 Å². The smallest absolute Gasteiger partial charge is 0.138 e. The molecule has 0 bridgehead atoms. The van der Waals surface area contributed by atoms with Gasteiger partial charge in [-0.25, -0.2) is 4.98 Å². The minimum Gasteiger partial charge on any atom is -0.497 e. The van der Waals surface area contributed by atoms with Crippen molar-refractivity contribution < 1.29 is 4.74 Å². The Hall–Kier alpha value is -3.79. The van der Waals surface area contributed by atoms with Crippen LogP contribution in [0.2, 0.25) is 0 Å². The summed E-state index contributed by atoms with van der Waals surface area (Å²) in [5.74, 6) is 1.68. The van der Waals surface area contributed by atoms with Gasteiger partial charge in [-0.3, -0.25) is 0 Å². The van der Waals surface area contributed by atoms with Crippen molar-refractivity contribution in [2.45, 2.75) is 0 Å². The highest BCUT2D eigenvalue weighted by atomic mass is 16.5. The van der Waals surface area contributed by atoms with E-state index in [0.717, 1.165) is 45.2 Å². The van der Waals surface area contributed by atoms with E-state index in [4.69, 9.17) is 9.72 Å². The second kappa shape index (κ2) is 6.74. The Balaban J connectivity index is 1.73. The molecule has 3 aromatic carbocycles. The second-order valence-corrected chi connectivity index (χ2v) is 6.65. The number of ether oxygens (including phenoxy) is 1. The Morgan fingerprint density at radius 3 is 2.32 bits per heavy atom. The summed E-state index contributed by atoms with van der Waals surface area (Å²) in [5.41, 5.74) is 6.24. The first-order valence-electron chi connectivity index (χ1n) is 9.20. The molecule has 2 heterocycles. The van der Waals surface area contributed by atoms with Crippen molar-refractivity contribution in [3.8, 4) is 39.7 Å². The Bertz CT molecular complexity index is 1230. The van der Waals surface area contributed by atoms with E-state index in [-0.39, 0.29) is 0 Å². The number of hydrogen-bond donors (Lipinski definition) is 2. The van der Waals surface area contributed by atoms with E-state index in [9.17, 15) is 0 Å². The third kappa shape index (κ3) is 2.76. The van der Waals surface area contributed by atoms with Crippen LogP contribution in [-0.2, 0) is 0 Å². The lowest BCUT2D eigenvalue weighted by Gasteiger charge is -2.04. The molecule has 136 valence electrons.